The number of nitrogens with one attached hydrogen (secondary N) is 1. The monoisotopic (exact) mass is 442 g/mol. The molecule has 1 aliphatic rings. The Hall–Kier alpha value is -2.65. The number of imide groups is 1. The van der Waals surface area contributed by atoms with Crippen molar-refractivity contribution in [2.75, 3.05) is 5.75 Å². The third-order valence-corrected chi connectivity index (χ3v) is 7.17. The van der Waals surface area contributed by atoms with E-state index in [1.807, 2.05) is 30.3 Å². The summed E-state index contributed by atoms with van der Waals surface area (Å²) < 4.78 is 1.64. The van der Waals surface area contributed by atoms with Gasteiger partial charge in [-0.2, -0.15) is 0 Å². The SMILES string of the molecule is NC(=O)NC(=O)CCSc1nc2sc3c(c2c(=O)n1-c1ccccc1)CCCCC3. The first-order chi connectivity index (χ1) is 14.5. The molecule has 0 saturated heterocycles. The van der Waals surface area contributed by atoms with Gasteiger partial charge < -0.3 is 5.73 Å². The molecule has 2 aromatic heterocycles. The van der Waals surface area contributed by atoms with Crippen molar-refractivity contribution in [3.63, 3.8) is 0 Å². The van der Waals surface area contributed by atoms with E-state index in [4.69, 9.17) is 10.7 Å². The van der Waals surface area contributed by atoms with Crippen LogP contribution in [-0.4, -0.2) is 27.2 Å². The maximum absolute atomic E-state index is 13.6. The molecule has 30 heavy (non-hydrogen) atoms. The Morgan fingerprint density at radius 2 is 1.93 bits per heavy atom. The number of amides is 3. The number of aryl methyl sites for hydroxylation is 2. The van der Waals surface area contributed by atoms with E-state index in [9.17, 15) is 14.4 Å². The predicted octanol–water partition coefficient (Wildman–Crippen LogP) is 3.39. The Kier molecular flexibility index (Phi) is 6.19. The van der Waals surface area contributed by atoms with Crippen molar-refractivity contribution in [3.05, 3.63) is 51.1 Å². The van der Waals surface area contributed by atoms with Crippen LogP contribution in [0.5, 0.6) is 0 Å². The van der Waals surface area contributed by atoms with Crippen LogP contribution in [0.25, 0.3) is 15.9 Å². The van der Waals surface area contributed by atoms with Gasteiger partial charge in [-0.15, -0.1) is 11.3 Å². The average Bonchev–Trinajstić information content (AvgIpc) is 2.89. The summed E-state index contributed by atoms with van der Waals surface area (Å²) in [4.78, 5) is 43.0. The quantitative estimate of drug-likeness (QED) is 0.358. The molecule has 4 rings (SSSR count). The number of thiophene rings is 1. The largest absolute Gasteiger partial charge is 0.351 e. The summed E-state index contributed by atoms with van der Waals surface area (Å²) in [5.74, 6) is -0.0813. The zero-order chi connectivity index (χ0) is 21.1. The number of benzene rings is 1. The second kappa shape index (κ2) is 9.01. The van der Waals surface area contributed by atoms with Crippen LogP contribution in [0.1, 0.15) is 36.1 Å². The number of fused-ring (bicyclic) bond motifs is 3. The van der Waals surface area contributed by atoms with Crippen LogP contribution >= 0.6 is 23.1 Å². The van der Waals surface area contributed by atoms with E-state index < -0.39 is 11.9 Å². The minimum Gasteiger partial charge on any atom is -0.351 e. The normalized spacial score (nSPS) is 13.6. The van der Waals surface area contributed by atoms with E-state index in [2.05, 4.69) is 5.32 Å². The van der Waals surface area contributed by atoms with E-state index in [0.29, 0.717) is 10.9 Å². The lowest BCUT2D eigenvalue weighted by molar-refractivity contribution is -0.119. The number of urea groups is 1. The summed E-state index contributed by atoms with van der Waals surface area (Å²) in [5.41, 5.74) is 6.83. The van der Waals surface area contributed by atoms with Gasteiger partial charge in [-0.1, -0.05) is 36.4 Å². The minimum absolute atomic E-state index is 0.0605. The third kappa shape index (κ3) is 4.27. The van der Waals surface area contributed by atoms with Gasteiger partial charge in [-0.25, -0.2) is 9.78 Å². The molecule has 0 spiro atoms. The zero-order valence-electron chi connectivity index (χ0n) is 16.3. The topological polar surface area (TPSA) is 107 Å². The number of primary amides is 1. The Labute approximate surface area is 181 Å². The zero-order valence-corrected chi connectivity index (χ0v) is 18.0. The smallest absolute Gasteiger partial charge is 0.318 e. The van der Waals surface area contributed by atoms with Crippen LogP contribution in [0.4, 0.5) is 4.79 Å². The van der Waals surface area contributed by atoms with Gasteiger partial charge in [0.25, 0.3) is 5.56 Å². The number of hydrogen-bond donors (Lipinski definition) is 2. The number of carbonyl (C=O) groups excluding carboxylic acids is 2. The molecular formula is C21H22N4O3S2. The fraction of sp³-hybridized carbons (Fsp3) is 0.333. The fourth-order valence-electron chi connectivity index (χ4n) is 3.70. The maximum atomic E-state index is 13.6. The van der Waals surface area contributed by atoms with Gasteiger partial charge in [-0.05, 0) is 43.4 Å². The van der Waals surface area contributed by atoms with Crippen LogP contribution in [0, 0.1) is 0 Å². The molecule has 0 aliphatic heterocycles. The number of para-hydroxylation sites is 1. The van der Waals surface area contributed by atoms with Crippen LogP contribution < -0.4 is 16.6 Å². The summed E-state index contributed by atoms with van der Waals surface area (Å²) in [7, 11) is 0. The van der Waals surface area contributed by atoms with E-state index in [1.165, 1.54) is 23.1 Å². The number of hydrogen-bond acceptors (Lipinski definition) is 6. The highest BCUT2D eigenvalue weighted by molar-refractivity contribution is 7.99. The first kappa shape index (κ1) is 20.6. The van der Waals surface area contributed by atoms with Crippen molar-refractivity contribution < 1.29 is 9.59 Å². The van der Waals surface area contributed by atoms with Crippen LogP contribution in [-0.2, 0) is 17.6 Å². The first-order valence-corrected chi connectivity index (χ1v) is 11.7. The van der Waals surface area contributed by atoms with Crippen LogP contribution in [0.2, 0.25) is 0 Å². The molecule has 3 amide bonds. The van der Waals surface area contributed by atoms with Crippen molar-refractivity contribution in [2.45, 2.75) is 43.7 Å². The van der Waals surface area contributed by atoms with Gasteiger partial charge in [0.05, 0.1) is 11.1 Å². The first-order valence-electron chi connectivity index (χ1n) is 9.89. The molecular weight excluding hydrogens is 420 g/mol. The molecule has 2 heterocycles. The molecule has 3 N–H and O–H groups in total. The number of carbonyl (C=O) groups is 2. The minimum atomic E-state index is -0.870. The molecule has 7 nitrogen and oxygen atoms in total. The molecule has 0 saturated carbocycles. The summed E-state index contributed by atoms with van der Waals surface area (Å²) in [6.45, 7) is 0. The Morgan fingerprint density at radius 1 is 1.17 bits per heavy atom. The van der Waals surface area contributed by atoms with Gasteiger partial charge in [0.15, 0.2) is 5.16 Å². The molecule has 0 bridgehead atoms. The summed E-state index contributed by atoms with van der Waals surface area (Å²) >= 11 is 2.94. The van der Waals surface area contributed by atoms with Gasteiger partial charge in [0, 0.05) is 17.1 Å². The highest BCUT2D eigenvalue weighted by Gasteiger charge is 2.22. The molecule has 0 fully saturated rings. The van der Waals surface area contributed by atoms with Crippen LogP contribution in [0.3, 0.4) is 0 Å². The molecule has 3 aromatic rings. The number of thioether (sulfide) groups is 1. The highest BCUT2D eigenvalue weighted by Crippen LogP contribution is 2.34. The number of rotatable bonds is 5. The average molecular weight is 443 g/mol. The Bertz CT molecular complexity index is 1150. The second-order valence-electron chi connectivity index (χ2n) is 7.13. The predicted molar refractivity (Wildman–Crippen MR) is 120 cm³/mol. The lowest BCUT2D eigenvalue weighted by atomic mass is 10.1. The molecule has 0 unspecified atom stereocenters. The van der Waals surface area contributed by atoms with Gasteiger partial charge in [0.2, 0.25) is 5.91 Å². The van der Waals surface area contributed by atoms with Gasteiger partial charge >= 0.3 is 6.03 Å². The van der Waals surface area contributed by atoms with Crippen molar-refractivity contribution >= 4 is 45.3 Å². The Morgan fingerprint density at radius 3 is 2.70 bits per heavy atom. The lowest BCUT2D eigenvalue weighted by Gasteiger charge is -2.12. The van der Waals surface area contributed by atoms with Crippen molar-refractivity contribution in [1.29, 1.82) is 0 Å². The molecule has 9 heteroatoms. The van der Waals surface area contributed by atoms with E-state index in [0.717, 1.165) is 47.2 Å². The van der Waals surface area contributed by atoms with Gasteiger partial charge in [-0.3, -0.25) is 19.5 Å². The molecule has 0 radical (unpaired) electrons. The van der Waals surface area contributed by atoms with E-state index in [1.54, 1.807) is 15.9 Å². The number of nitrogens with zero attached hydrogens (tertiary/aromatic N) is 2. The molecule has 156 valence electrons. The maximum Gasteiger partial charge on any atom is 0.318 e. The standard InChI is InChI=1S/C21H22N4O3S2/c22-20(28)23-16(26)11-12-29-21-24-18-17(14-9-5-2-6-10-15(14)30-18)19(27)25(21)13-7-3-1-4-8-13/h1,3-4,7-8H,2,5-6,9-12H2,(H3,22,23,26,28). The third-order valence-electron chi connectivity index (χ3n) is 5.05. The molecule has 0 atom stereocenters. The lowest BCUT2D eigenvalue weighted by Crippen LogP contribution is -2.35. The summed E-state index contributed by atoms with van der Waals surface area (Å²) in [6, 6.07) is 8.56. The summed E-state index contributed by atoms with van der Waals surface area (Å²) in [5, 5.41) is 3.33. The number of aromatic nitrogens is 2. The van der Waals surface area contributed by atoms with Gasteiger partial charge in [0.1, 0.15) is 4.83 Å². The second-order valence-corrected chi connectivity index (χ2v) is 9.27. The Balaban J connectivity index is 1.75. The highest BCUT2D eigenvalue weighted by atomic mass is 32.2. The number of nitrogens with two attached hydrogens (primary N) is 1. The van der Waals surface area contributed by atoms with E-state index in [-0.39, 0.29) is 12.0 Å². The molecule has 1 aliphatic carbocycles. The fourth-order valence-corrected chi connectivity index (χ4v) is 5.95. The van der Waals surface area contributed by atoms with Crippen LogP contribution in [0.15, 0.2) is 40.3 Å². The van der Waals surface area contributed by atoms with Crippen molar-refractivity contribution in [3.8, 4) is 5.69 Å². The van der Waals surface area contributed by atoms with E-state index >= 15 is 0 Å². The molecule has 1 aromatic carbocycles. The van der Waals surface area contributed by atoms with Crippen molar-refractivity contribution in [2.24, 2.45) is 5.73 Å². The van der Waals surface area contributed by atoms with Crippen molar-refractivity contribution in [1.82, 2.24) is 14.9 Å². The summed E-state index contributed by atoms with van der Waals surface area (Å²) in [6.07, 6.45) is 5.43.